The van der Waals surface area contributed by atoms with Crippen LogP contribution >= 0.6 is 0 Å². The highest BCUT2D eigenvalue weighted by Crippen LogP contribution is 2.26. The highest BCUT2D eigenvalue weighted by molar-refractivity contribution is 5.72. The molecular weight excluding hydrogens is 269 g/mol. The van der Waals surface area contributed by atoms with Crippen molar-refractivity contribution < 1.29 is 8.91 Å². The van der Waals surface area contributed by atoms with Crippen LogP contribution in [0, 0.1) is 5.82 Å². The Balaban J connectivity index is 1.89. The molecule has 1 heterocycles. The molecule has 3 aromatic rings. The molecule has 0 fully saturated rings. The van der Waals surface area contributed by atoms with E-state index in [0.29, 0.717) is 23.7 Å². The molecule has 0 spiro atoms. The number of anilines is 1. The van der Waals surface area contributed by atoms with Crippen molar-refractivity contribution in [1.82, 2.24) is 10.1 Å². The number of rotatable bonds is 4. The Morgan fingerprint density at radius 2 is 1.86 bits per heavy atom. The topological polar surface area (TPSA) is 51.0 Å². The van der Waals surface area contributed by atoms with E-state index in [-0.39, 0.29) is 5.82 Å². The van der Waals surface area contributed by atoms with Crippen LogP contribution in [0.5, 0.6) is 0 Å². The molecule has 0 saturated carbocycles. The fourth-order valence-electron chi connectivity index (χ4n) is 2.13. The van der Waals surface area contributed by atoms with Crippen molar-refractivity contribution in [1.29, 1.82) is 0 Å². The molecule has 0 atom stereocenters. The number of para-hydroxylation sites is 1. The summed E-state index contributed by atoms with van der Waals surface area (Å²) in [5.74, 6) is 0.617. The monoisotopic (exact) mass is 283 g/mol. The smallest absolute Gasteiger partial charge is 0.260 e. The van der Waals surface area contributed by atoms with E-state index in [0.717, 1.165) is 11.3 Å². The van der Waals surface area contributed by atoms with Gasteiger partial charge in [-0.15, -0.1) is 0 Å². The van der Waals surface area contributed by atoms with Gasteiger partial charge in [-0.25, -0.2) is 4.39 Å². The average molecular weight is 283 g/mol. The Kier molecular flexibility index (Phi) is 3.64. The normalized spacial score (nSPS) is 10.6. The second kappa shape index (κ2) is 5.75. The van der Waals surface area contributed by atoms with Gasteiger partial charge < -0.3 is 9.84 Å². The molecule has 1 aromatic heterocycles. The van der Waals surface area contributed by atoms with Gasteiger partial charge in [0.05, 0.1) is 5.56 Å². The first-order valence-electron chi connectivity index (χ1n) is 6.61. The van der Waals surface area contributed by atoms with Gasteiger partial charge >= 0.3 is 0 Å². The third kappa shape index (κ3) is 2.76. The molecule has 0 unspecified atom stereocenters. The molecule has 1 N–H and O–H groups in total. The summed E-state index contributed by atoms with van der Waals surface area (Å²) in [5.41, 5.74) is 2.28. The fraction of sp³-hybridized carbons (Fsp3) is 0.125. The van der Waals surface area contributed by atoms with E-state index in [1.54, 1.807) is 18.2 Å². The van der Waals surface area contributed by atoms with Crippen molar-refractivity contribution in [3.8, 4) is 11.5 Å². The Morgan fingerprint density at radius 3 is 2.67 bits per heavy atom. The number of halogens is 1. The number of nitrogens with one attached hydrogen (secondary N) is 1. The molecule has 0 saturated heterocycles. The number of aromatic nitrogens is 2. The lowest BCUT2D eigenvalue weighted by Crippen LogP contribution is -1.95. The second-order valence-corrected chi connectivity index (χ2v) is 4.58. The van der Waals surface area contributed by atoms with Gasteiger partial charge in [0.25, 0.3) is 5.89 Å². The molecule has 0 bridgehead atoms. The van der Waals surface area contributed by atoms with Crippen molar-refractivity contribution in [2.45, 2.75) is 6.42 Å². The van der Waals surface area contributed by atoms with Gasteiger partial charge in [0.2, 0.25) is 0 Å². The first-order valence-corrected chi connectivity index (χ1v) is 6.61. The largest absolute Gasteiger partial charge is 0.387 e. The third-order valence-electron chi connectivity index (χ3n) is 3.20. The molecular formula is C16H14FN3O. The Labute approximate surface area is 121 Å². The number of benzene rings is 2. The highest BCUT2D eigenvalue weighted by atomic mass is 19.1. The van der Waals surface area contributed by atoms with Crippen LogP contribution in [-0.4, -0.2) is 17.2 Å². The molecule has 0 radical (unpaired) electrons. The minimum absolute atomic E-state index is 0.264. The first kappa shape index (κ1) is 13.3. The zero-order chi connectivity index (χ0) is 14.7. The summed E-state index contributed by atoms with van der Waals surface area (Å²) in [5, 5.41) is 7.00. The van der Waals surface area contributed by atoms with Gasteiger partial charge in [-0.2, -0.15) is 4.98 Å². The molecule has 21 heavy (non-hydrogen) atoms. The van der Waals surface area contributed by atoms with E-state index in [4.69, 9.17) is 4.52 Å². The number of nitrogens with zero attached hydrogens (tertiary/aromatic N) is 2. The molecule has 106 valence electrons. The van der Waals surface area contributed by atoms with Gasteiger partial charge in [-0.3, -0.25) is 0 Å². The molecule has 2 aromatic carbocycles. The summed E-state index contributed by atoms with van der Waals surface area (Å²) in [6.07, 6.45) is 0.303. The van der Waals surface area contributed by atoms with E-state index in [1.165, 1.54) is 6.07 Å². The summed E-state index contributed by atoms with van der Waals surface area (Å²) in [6, 6.07) is 14.2. The highest BCUT2D eigenvalue weighted by Gasteiger charge is 2.13. The molecule has 0 amide bonds. The third-order valence-corrected chi connectivity index (χ3v) is 3.20. The summed E-state index contributed by atoms with van der Waals surface area (Å²) in [7, 11) is 1.83. The van der Waals surface area contributed by atoms with Crippen LogP contribution in [-0.2, 0) is 6.42 Å². The van der Waals surface area contributed by atoms with Crippen LogP contribution in [0.1, 0.15) is 11.4 Å². The fourth-order valence-corrected chi connectivity index (χ4v) is 2.13. The maximum Gasteiger partial charge on any atom is 0.260 e. The maximum atomic E-state index is 13.6. The van der Waals surface area contributed by atoms with E-state index in [9.17, 15) is 4.39 Å². The van der Waals surface area contributed by atoms with Gasteiger partial charge in [-0.1, -0.05) is 35.5 Å². The van der Waals surface area contributed by atoms with Crippen LogP contribution in [0.2, 0.25) is 0 Å². The standard InChI is InChI=1S/C16H14FN3O/c1-18-14-9-5-3-7-12(14)16-19-15(20-21-16)10-11-6-2-4-8-13(11)17/h2-9,18H,10H2,1H3. The minimum Gasteiger partial charge on any atom is -0.387 e. The van der Waals surface area contributed by atoms with Gasteiger partial charge in [0.1, 0.15) is 5.82 Å². The van der Waals surface area contributed by atoms with Crippen molar-refractivity contribution in [2.24, 2.45) is 0 Å². The summed E-state index contributed by atoms with van der Waals surface area (Å²) in [6.45, 7) is 0. The molecule has 3 rings (SSSR count). The first-order chi connectivity index (χ1) is 10.3. The predicted molar refractivity (Wildman–Crippen MR) is 78.5 cm³/mol. The van der Waals surface area contributed by atoms with Crippen molar-refractivity contribution in [3.05, 3.63) is 65.7 Å². The Hall–Kier alpha value is -2.69. The van der Waals surface area contributed by atoms with Gasteiger partial charge in [0, 0.05) is 19.2 Å². The van der Waals surface area contributed by atoms with Gasteiger partial charge in [0.15, 0.2) is 5.82 Å². The molecule has 4 nitrogen and oxygen atoms in total. The summed E-state index contributed by atoms with van der Waals surface area (Å²) in [4.78, 5) is 4.34. The zero-order valence-electron chi connectivity index (χ0n) is 11.5. The van der Waals surface area contributed by atoms with E-state index < -0.39 is 0 Å². The van der Waals surface area contributed by atoms with Crippen LogP contribution in [0.3, 0.4) is 0 Å². The van der Waals surface area contributed by atoms with Crippen molar-refractivity contribution >= 4 is 5.69 Å². The van der Waals surface area contributed by atoms with E-state index in [1.807, 2.05) is 31.3 Å². The number of hydrogen-bond donors (Lipinski definition) is 1. The van der Waals surface area contributed by atoms with Gasteiger partial charge in [-0.05, 0) is 23.8 Å². The van der Waals surface area contributed by atoms with Crippen LogP contribution < -0.4 is 5.32 Å². The van der Waals surface area contributed by atoms with Crippen molar-refractivity contribution in [2.75, 3.05) is 12.4 Å². The zero-order valence-corrected chi connectivity index (χ0v) is 11.5. The molecule has 5 heteroatoms. The summed E-state index contributed by atoms with van der Waals surface area (Å²) >= 11 is 0. The molecule has 0 aliphatic heterocycles. The maximum absolute atomic E-state index is 13.6. The predicted octanol–water partition coefficient (Wildman–Crippen LogP) is 3.51. The lowest BCUT2D eigenvalue weighted by molar-refractivity contribution is 0.423. The lowest BCUT2D eigenvalue weighted by Gasteiger charge is -2.03. The van der Waals surface area contributed by atoms with Crippen LogP contribution in [0.4, 0.5) is 10.1 Å². The van der Waals surface area contributed by atoms with Crippen LogP contribution in [0.15, 0.2) is 53.1 Å². The Morgan fingerprint density at radius 1 is 1.10 bits per heavy atom. The lowest BCUT2D eigenvalue weighted by atomic mass is 10.1. The van der Waals surface area contributed by atoms with E-state index in [2.05, 4.69) is 15.5 Å². The number of hydrogen-bond acceptors (Lipinski definition) is 4. The van der Waals surface area contributed by atoms with E-state index >= 15 is 0 Å². The van der Waals surface area contributed by atoms with Crippen LogP contribution in [0.25, 0.3) is 11.5 Å². The second-order valence-electron chi connectivity index (χ2n) is 4.58. The molecule has 0 aliphatic carbocycles. The SMILES string of the molecule is CNc1ccccc1-c1nc(Cc2ccccc2F)no1. The minimum atomic E-state index is -0.264. The molecule has 0 aliphatic rings. The average Bonchev–Trinajstić information content (AvgIpc) is 2.98. The quantitative estimate of drug-likeness (QED) is 0.796. The van der Waals surface area contributed by atoms with Crippen molar-refractivity contribution in [3.63, 3.8) is 0 Å². The Bertz CT molecular complexity index is 755. The summed E-state index contributed by atoms with van der Waals surface area (Å²) < 4.78 is 18.9.